The molecule has 1 atom stereocenters. The van der Waals surface area contributed by atoms with Crippen LogP contribution in [0.3, 0.4) is 0 Å². The van der Waals surface area contributed by atoms with Crippen LogP contribution in [0.2, 0.25) is 0 Å². The summed E-state index contributed by atoms with van der Waals surface area (Å²) in [5, 5.41) is 3.21. The molecule has 0 aliphatic carbocycles. The maximum Gasteiger partial charge on any atom is 0.132 e. The first-order chi connectivity index (χ1) is 12.6. The van der Waals surface area contributed by atoms with Gasteiger partial charge in [-0.05, 0) is 23.8 Å². The van der Waals surface area contributed by atoms with E-state index in [1.165, 1.54) is 6.07 Å². The molecule has 4 nitrogen and oxygen atoms in total. The first-order valence-corrected chi connectivity index (χ1v) is 8.64. The summed E-state index contributed by atoms with van der Waals surface area (Å²) in [5.41, 5.74) is 8.07. The van der Waals surface area contributed by atoms with Crippen molar-refractivity contribution in [3.05, 3.63) is 77.8 Å². The number of aromatic nitrogens is 2. The summed E-state index contributed by atoms with van der Waals surface area (Å²) in [6, 6.07) is 13.1. The lowest BCUT2D eigenvalue weighted by Gasteiger charge is -2.32. The highest BCUT2D eigenvalue weighted by Gasteiger charge is 2.29. The van der Waals surface area contributed by atoms with Gasteiger partial charge >= 0.3 is 0 Å². The normalized spacial score (nSPS) is 15.7. The highest BCUT2D eigenvalue weighted by Crippen LogP contribution is 2.28. The van der Waals surface area contributed by atoms with Crippen LogP contribution in [0.4, 0.5) is 8.78 Å². The second-order valence-electron chi connectivity index (χ2n) is 6.67. The standard InChI is InChI=1S/C20H20F2N4/c21-15-6-7-17(22)16(8-15)18-12-26(11-13-4-2-1-3-5-13)20(25-18)19(23)14-9-24-10-14/h1-8,12,14,19,24H,9-11,23H2/t19-/m1/s1. The Balaban J connectivity index is 1.75. The molecule has 1 aliphatic heterocycles. The van der Waals surface area contributed by atoms with Crippen LogP contribution in [-0.4, -0.2) is 22.6 Å². The summed E-state index contributed by atoms with van der Waals surface area (Å²) in [4.78, 5) is 4.58. The Morgan fingerprint density at radius 1 is 1.15 bits per heavy atom. The van der Waals surface area contributed by atoms with E-state index >= 15 is 0 Å². The van der Waals surface area contributed by atoms with Crippen molar-refractivity contribution >= 4 is 0 Å². The molecule has 26 heavy (non-hydrogen) atoms. The largest absolute Gasteiger partial charge is 0.329 e. The van der Waals surface area contributed by atoms with Crippen LogP contribution in [0.15, 0.2) is 54.7 Å². The average Bonchev–Trinajstić information content (AvgIpc) is 3.00. The molecule has 3 N–H and O–H groups in total. The van der Waals surface area contributed by atoms with Crippen molar-refractivity contribution in [2.24, 2.45) is 11.7 Å². The van der Waals surface area contributed by atoms with E-state index in [2.05, 4.69) is 10.3 Å². The van der Waals surface area contributed by atoms with Crippen molar-refractivity contribution in [2.45, 2.75) is 12.6 Å². The summed E-state index contributed by atoms with van der Waals surface area (Å²) in [5.74, 6) is -0.00890. The van der Waals surface area contributed by atoms with Gasteiger partial charge < -0.3 is 15.6 Å². The Morgan fingerprint density at radius 2 is 1.92 bits per heavy atom. The molecule has 1 fully saturated rings. The zero-order valence-electron chi connectivity index (χ0n) is 14.2. The van der Waals surface area contributed by atoms with Crippen LogP contribution in [-0.2, 0) is 6.54 Å². The maximum absolute atomic E-state index is 14.2. The fraction of sp³-hybridized carbons (Fsp3) is 0.250. The molecule has 2 heterocycles. The molecule has 134 valence electrons. The summed E-state index contributed by atoms with van der Waals surface area (Å²) in [7, 11) is 0. The summed E-state index contributed by atoms with van der Waals surface area (Å²) in [6.45, 7) is 2.25. The number of nitrogens with one attached hydrogen (secondary N) is 1. The summed E-state index contributed by atoms with van der Waals surface area (Å²) < 4.78 is 29.7. The van der Waals surface area contributed by atoms with E-state index < -0.39 is 11.6 Å². The molecule has 3 aromatic rings. The predicted molar refractivity (Wildman–Crippen MR) is 96.4 cm³/mol. The Kier molecular flexibility index (Phi) is 4.53. The number of nitrogens with two attached hydrogens (primary N) is 1. The molecule has 0 radical (unpaired) electrons. The molecule has 2 aromatic carbocycles. The smallest absolute Gasteiger partial charge is 0.132 e. The van der Waals surface area contributed by atoms with Crippen molar-refractivity contribution in [3.63, 3.8) is 0 Å². The molecule has 1 aromatic heterocycles. The van der Waals surface area contributed by atoms with Crippen LogP contribution in [0.1, 0.15) is 17.4 Å². The number of halogens is 2. The SMILES string of the molecule is N[C@@H](c1nc(-c2cc(F)ccc2F)cn1Cc1ccccc1)C1CNC1. The van der Waals surface area contributed by atoms with E-state index in [0.717, 1.165) is 30.8 Å². The molecule has 0 saturated carbocycles. The fourth-order valence-electron chi connectivity index (χ4n) is 3.20. The Hall–Kier alpha value is -2.57. The average molecular weight is 354 g/mol. The van der Waals surface area contributed by atoms with Crippen molar-refractivity contribution < 1.29 is 8.78 Å². The second-order valence-corrected chi connectivity index (χ2v) is 6.67. The fourth-order valence-corrected chi connectivity index (χ4v) is 3.20. The number of nitrogens with zero attached hydrogens (tertiary/aromatic N) is 2. The third kappa shape index (κ3) is 3.25. The lowest BCUT2D eigenvalue weighted by molar-refractivity contribution is 0.283. The maximum atomic E-state index is 14.2. The molecule has 0 bridgehead atoms. The van der Waals surface area contributed by atoms with Gasteiger partial charge in [-0.25, -0.2) is 13.8 Å². The van der Waals surface area contributed by atoms with Crippen LogP contribution in [0, 0.1) is 17.6 Å². The van der Waals surface area contributed by atoms with Crippen molar-refractivity contribution in [3.8, 4) is 11.3 Å². The van der Waals surface area contributed by atoms with E-state index in [9.17, 15) is 8.78 Å². The quantitative estimate of drug-likeness (QED) is 0.740. The minimum absolute atomic E-state index is 0.150. The molecule has 0 unspecified atom stereocenters. The molecule has 4 rings (SSSR count). The van der Waals surface area contributed by atoms with E-state index in [1.807, 2.05) is 34.9 Å². The van der Waals surface area contributed by atoms with Gasteiger partial charge in [-0.15, -0.1) is 0 Å². The first-order valence-electron chi connectivity index (χ1n) is 8.64. The van der Waals surface area contributed by atoms with Crippen LogP contribution >= 0.6 is 0 Å². The second kappa shape index (κ2) is 6.97. The summed E-state index contributed by atoms with van der Waals surface area (Å²) >= 11 is 0. The van der Waals surface area contributed by atoms with Gasteiger partial charge in [0.25, 0.3) is 0 Å². The lowest BCUT2D eigenvalue weighted by Crippen LogP contribution is -2.48. The van der Waals surface area contributed by atoms with Crippen LogP contribution < -0.4 is 11.1 Å². The van der Waals surface area contributed by atoms with Crippen LogP contribution in [0.5, 0.6) is 0 Å². The zero-order valence-corrected chi connectivity index (χ0v) is 14.2. The van der Waals surface area contributed by atoms with Gasteiger partial charge in [0.1, 0.15) is 17.5 Å². The number of hydrogen-bond acceptors (Lipinski definition) is 3. The molecule has 0 amide bonds. The van der Waals surface area contributed by atoms with Gasteiger partial charge in [0.05, 0.1) is 11.7 Å². The topological polar surface area (TPSA) is 55.9 Å². The van der Waals surface area contributed by atoms with Gasteiger partial charge in [0.15, 0.2) is 0 Å². The van der Waals surface area contributed by atoms with E-state index in [-0.39, 0.29) is 17.5 Å². The predicted octanol–water partition coefficient (Wildman–Crippen LogP) is 3.10. The Morgan fingerprint density at radius 3 is 2.62 bits per heavy atom. The van der Waals surface area contributed by atoms with E-state index in [0.29, 0.717) is 18.1 Å². The van der Waals surface area contributed by atoms with Crippen molar-refractivity contribution in [2.75, 3.05) is 13.1 Å². The number of benzene rings is 2. The minimum Gasteiger partial charge on any atom is -0.329 e. The third-order valence-electron chi connectivity index (χ3n) is 4.83. The van der Waals surface area contributed by atoms with Crippen molar-refractivity contribution in [1.82, 2.24) is 14.9 Å². The monoisotopic (exact) mass is 354 g/mol. The van der Waals surface area contributed by atoms with Gasteiger partial charge in [-0.1, -0.05) is 30.3 Å². The van der Waals surface area contributed by atoms with Gasteiger partial charge in [0.2, 0.25) is 0 Å². The highest BCUT2D eigenvalue weighted by atomic mass is 19.1. The van der Waals surface area contributed by atoms with Gasteiger partial charge in [-0.2, -0.15) is 0 Å². The molecule has 1 aliphatic rings. The van der Waals surface area contributed by atoms with Gasteiger partial charge in [0, 0.05) is 37.3 Å². The minimum atomic E-state index is -0.499. The molecular weight excluding hydrogens is 334 g/mol. The molecule has 1 saturated heterocycles. The zero-order chi connectivity index (χ0) is 18.1. The van der Waals surface area contributed by atoms with E-state index in [1.54, 1.807) is 6.20 Å². The molecule has 0 spiro atoms. The molecule has 6 heteroatoms. The third-order valence-corrected chi connectivity index (χ3v) is 4.83. The highest BCUT2D eigenvalue weighted by molar-refractivity contribution is 5.59. The number of hydrogen-bond donors (Lipinski definition) is 2. The lowest BCUT2D eigenvalue weighted by atomic mass is 9.94. The Bertz CT molecular complexity index is 903. The molecular formula is C20H20F2N4. The first kappa shape index (κ1) is 16.9. The van der Waals surface area contributed by atoms with E-state index in [4.69, 9.17) is 5.73 Å². The Labute approximate surface area is 150 Å². The van der Waals surface area contributed by atoms with Crippen molar-refractivity contribution in [1.29, 1.82) is 0 Å². The number of rotatable bonds is 5. The number of imidazole rings is 1. The van der Waals surface area contributed by atoms with Crippen LogP contribution in [0.25, 0.3) is 11.3 Å². The summed E-state index contributed by atoms with van der Waals surface area (Å²) in [6.07, 6.45) is 1.76. The van der Waals surface area contributed by atoms with Gasteiger partial charge in [-0.3, -0.25) is 0 Å².